The number of benzene rings is 3. The molecule has 0 aliphatic carbocycles. The van der Waals surface area contributed by atoms with Gasteiger partial charge in [-0.3, -0.25) is 0 Å². The minimum atomic E-state index is -3.64. The molecular weight excluding hydrogens is 508 g/mol. The quantitative estimate of drug-likeness (QED) is 0.439. The molecule has 1 N–H and O–H groups in total. The van der Waals surface area contributed by atoms with Crippen molar-refractivity contribution >= 4 is 32.6 Å². The van der Waals surface area contributed by atoms with Crippen molar-refractivity contribution in [2.75, 3.05) is 7.11 Å². The zero-order valence-corrected chi connectivity index (χ0v) is 18.5. The fourth-order valence-electron chi connectivity index (χ4n) is 2.53. The summed E-state index contributed by atoms with van der Waals surface area (Å²) in [4.78, 5) is 0.182. The van der Waals surface area contributed by atoms with E-state index < -0.39 is 10.0 Å². The van der Waals surface area contributed by atoms with Crippen molar-refractivity contribution in [2.45, 2.75) is 18.0 Å². The Balaban J connectivity index is 1.57. The minimum absolute atomic E-state index is 0.156. The van der Waals surface area contributed by atoms with Crippen LogP contribution in [0.5, 0.6) is 11.5 Å². The molecule has 0 heterocycles. The van der Waals surface area contributed by atoms with Crippen molar-refractivity contribution in [3.63, 3.8) is 0 Å². The average Bonchev–Trinajstić information content (AvgIpc) is 2.72. The molecule has 29 heavy (non-hydrogen) atoms. The standard InChI is InChI=1S/C21H19FINO4S/c1-27-21-11-10-19(12-20(21)23)29(25,26)24-13-15-4-8-18(9-5-15)28-14-16-2-6-17(22)7-3-16/h2-12,24H,13-14H2,1H3. The van der Waals surface area contributed by atoms with E-state index in [0.29, 0.717) is 18.1 Å². The molecule has 0 spiro atoms. The van der Waals surface area contributed by atoms with Gasteiger partial charge in [0, 0.05) is 6.54 Å². The van der Waals surface area contributed by atoms with Crippen LogP contribution < -0.4 is 14.2 Å². The lowest BCUT2D eigenvalue weighted by Crippen LogP contribution is -2.23. The van der Waals surface area contributed by atoms with Crippen molar-refractivity contribution in [1.82, 2.24) is 4.72 Å². The summed E-state index contributed by atoms with van der Waals surface area (Å²) >= 11 is 2.03. The number of rotatable bonds is 8. The largest absolute Gasteiger partial charge is 0.496 e. The van der Waals surface area contributed by atoms with Gasteiger partial charge in [-0.2, -0.15) is 0 Å². The van der Waals surface area contributed by atoms with Crippen LogP contribution in [0.4, 0.5) is 4.39 Å². The Bertz CT molecular complexity index is 1070. The van der Waals surface area contributed by atoms with Gasteiger partial charge in [0.15, 0.2) is 0 Å². The highest BCUT2D eigenvalue weighted by Crippen LogP contribution is 2.24. The number of hydrogen-bond acceptors (Lipinski definition) is 4. The van der Waals surface area contributed by atoms with Gasteiger partial charge in [-0.1, -0.05) is 24.3 Å². The molecule has 152 valence electrons. The highest BCUT2D eigenvalue weighted by Gasteiger charge is 2.15. The van der Waals surface area contributed by atoms with Crippen LogP contribution in [0.3, 0.4) is 0 Å². The molecule has 3 rings (SSSR count). The summed E-state index contributed by atoms with van der Waals surface area (Å²) in [5.74, 6) is 0.983. The monoisotopic (exact) mass is 527 g/mol. The molecule has 0 aromatic heterocycles. The number of sulfonamides is 1. The molecule has 3 aromatic rings. The van der Waals surface area contributed by atoms with Crippen LogP contribution in [0.15, 0.2) is 71.6 Å². The Morgan fingerprint density at radius 2 is 1.62 bits per heavy atom. The van der Waals surface area contributed by atoms with E-state index in [-0.39, 0.29) is 17.3 Å². The predicted octanol–water partition coefficient (Wildman–Crippen LogP) is 4.50. The summed E-state index contributed by atoms with van der Waals surface area (Å²) in [6.45, 7) is 0.478. The van der Waals surface area contributed by atoms with Crippen LogP contribution >= 0.6 is 22.6 Å². The summed E-state index contributed by atoms with van der Waals surface area (Å²) < 4.78 is 52.0. The topological polar surface area (TPSA) is 64.6 Å². The van der Waals surface area contributed by atoms with E-state index in [2.05, 4.69) is 4.72 Å². The van der Waals surface area contributed by atoms with Crippen molar-refractivity contribution in [2.24, 2.45) is 0 Å². The van der Waals surface area contributed by atoms with E-state index in [0.717, 1.165) is 14.7 Å². The first-order valence-corrected chi connectivity index (χ1v) is 11.2. The summed E-state index contributed by atoms with van der Waals surface area (Å²) in [6, 6.07) is 17.9. The van der Waals surface area contributed by atoms with E-state index >= 15 is 0 Å². The second-order valence-corrected chi connectivity index (χ2v) is 9.11. The van der Waals surface area contributed by atoms with E-state index in [1.54, 1.807) is 48.5 Å². The fourth-order valence-corrected chi connectivity index (χ4v) is 4.52. The van der Waals surface area contributed by atoms with Gasteiger partial charge in [0.1, 0.15) is 23.9 Å². The maximum Gasteiger partial charge on any atom is 0.240 e. The molecule has 0 saturated heterocycles. The van der Waals surface area contributed by atoms with E-state index in [1.807, 2.05) is 22.6 Å². The normalized spacial score (nSPS) is 11.3. The average molecular weight is 527 g/mol. The fraction of sp³-hybridized carbons (Fsp3) is 0.143. The maximum absolute atomic E-state index is 12.9. The van der Waals surface area contributed by atoms with Gasteiger partial charge in [0.25, 0.3) is 0 Å². The molecule has 0 radical (unpaired) electrons. The molecule has 0 fully saturated rings. The van der Waals surface area contributed by atoms with Crippen molar-refractivity contribution < 1.29 is 22.3 Å². The zero-order chi connectivity index (χ0) is 20.9. The Morgan fingerprint density at radius 1 is 0.966 bits per heavy atom. The number of methoxy groups -OCH3 is 1. The first-order chi connectivity index (χ1) is 13.9. The van der Waals surface area contributed by atoms with Gasteiger partial charge in [-0.15, -0.1) is 0 Å². The molecule has 3 aromatic carbocycles. The molecule has 0 unspecified atom stereocenters. The predicted molar refractivity (Wildman–Crippen MR) is 117 cm³/mol. The van der Waals surface area contributed by atoms with Gasteiger partial charge in [-0.25, -0.2) is 17.5 Å². The van der Waals surface area contributed by atoms with Crippen molar-refractivity contribution in [3.8, 4) is 11.5 Å². The van der Waals surface area contributed by atoms with Gasteiger partial charge in [-0.05, 0) is 76.2 Å². The molecule has 0 aliphatic rings. The third-order valence-electron chi connectivity index (χ3n) is 4.14. The minimum Gasteiger partial charge on any atom is -0.496 e. The van der Waals surface area contributed by atoms with Gasteiger partial charge in [0.2, 0.25) is 10.0 Å². The third-order valence-corrected chi connectivity index (χ3v) is 6.38. The van der Waals surface area contributed by atoms with Gasteiger partial charge < -0.3 is 9.47 Å². The van der Waals surface area contributed by atoms with E-state index in [1.165, 1.54) is 25.3 Å². The Hall–Kier alpha value is -2.17. The molecule has 0 amide bonds. The smallest absolute Gasteiger partial charge is 0.240 e. The first-order valence-electron chi connectivity index (χ1n) is 8.67. The molecule has 0 bridgehead atoms. The first kappa shape index (κ1) is 21.5. The van der Waals surface area contributed by atoms with Crippen LogP contribution in [-0.4, -0.2) is 15.5 Å². The third kappa shape index (κ3) is 5.91. The zero-order valence-electron chi connectivity index (χ0n) is 15.6. The number of nitrogens with one attached hydrogen (secondary N) is 1. The maximum atomic E-state index is 12.9. The van der Waals surface area contributed by atoms with E-state index in [9.17, 15) is 12.8 Å². The molecule has 0 aliphatic heterocycles. The van der Waals surface area contributed by atoms with Crippen LogP contribution in [0.2, 0.25) is 0 Å². The van der Waals surface area contributed by atoms with Crippen molar-refractivity contribution in [3.05, 3.63) is 87.2 Å². The summed E-state index contributed by atoms with van der Waals surface area (Å²) in [5, 5.41) is 0. The second kappa shape index (κ2) is 9.55. The lowest BCUT2D eigenvalue weighted by molar-refractivity contribution is 0.306. The highest BCUT2D eigenvalue weighted by atomic mass is 127. The molecule has 8 heteroatoms. The lowest BCUT2D eigenvalue weighted by atomic mass is 10.2. The van der Waals surface area contributed by atoms with Crippen LogP contribution in [0.1, 0.15) is 11.1 Å². The van der Waals surface area contributed by atoms with Crippen LogP contribution in [0, 0.1) is 9.39 Å². The van der Waals surface area contributed by atoms with Gasteiger partial charge >= 0.3 is 0 Å². The lowest BCUT2D eigenvalue weighted by Gasteiger charge is -2.10. The molecule has 5 nitrogen and oxygen atoms in total. The number of halogens is 2. The van der Waals surface area contributed by atoms with Crippen LogP contribution in [0.25, 0.3) is 0 Å². The highest BCUT2D eigenvalue weighted by molar-refractivity contribution is 14.1. The summed E-state index contributed by atoms with van der Waals surface area (Å²) in [6.07, 6.45) is 0. The van der Waals surface area contributed by atoms with E-state index in [4.69, 9.17) is 9.47 Å². The molecule has 0 saturated carbocycles. The summed E-state index contributed by atoms with van der Waals surface area (Å²) in [7, 11) is -2.10. The Kier molecular flexibility index (Phi) is 7.09. The SMILES string of the molecule is COc1ccc(S(=O)(=O)NCc2ccc(OCc3ccc(F)cc3)cc2)cc1I. The number of hydrogen-bond donors (Lipinski definition) is 1. The molecular formula is C21H19FINO4S. The molecule has 0 atom stereocenters. The number of ether oxygens (including phenoxy) is 2. The Labute approximate surface area is 183 Å². The summed E-state index contributed by atoms with van der Waals surface area (Å²) in [5.41, 5.74) is 1.66. The second-order valence-electron chi connectivity index (χ2n) is 6.18. The van der Waals surface area contributed by atoms with Crippen LogP contribution in [-0.2, 0) is 23.2 Å². The Morgan fingerprint density at radius 3 is 2.24 bits per heavy atom. The van der Waals surface area contributed by atoms with Gasteiger partial charge in [0.05, 0.1) is 15.6 Å². The van der Waals surface area contributed by atoms with Crippen molar-refractivity contribution in [1.29, 1.82) is 0 Å².